The van der Waals surface area contributed by atoms with E-state index in [0.29, 0.717) is 5.82 Å². The van der Waals surface area contributed by atoms with Crippen molar-refractivity contribution in [1.82, 2.24) is 25.9 Å². The Hall–Kier alpha value is -1.46. The second-order valence-electron chi connectivity index (χ2n) is 4.27. The lowest BCUT2D eigenvalue weighted by Crippen LogP contribution is -2.33. The maximum Gasteiger partial charge on any atom is 0.223 e. The highest BCUT2D eigenvalue weighted by Gasteiger charge is 2.20. The van der Waals surface area contributed by atoms with Crippen LogP contribution in [0.2, 0.25) is 0 Å². The van der Waals surface area contributed by atoms with Crippen LogP contribution in [0.5, 0.6) is 0 Å². The van der Waals surface area contributed by atoms with Crippen molar-refractivity contribution in [1.29, 1.82) is 0 Å². The van der Waals surface area contributed by atoms with Crippen molar-refractivity contribution in [3.63, 3.8) is 0 Å². The van der Waals surface area contributed by atoms with Crippen LogP contribution < -0.4 is 5.32 Å². The Balaban J connectivity index is 2.51. The summed E-state index contributed by atoms with van der Waals surface area (Å²) in [5.74, 6) is 0.704. The summed E-state index contributed by atoms with van der Waals surface area (Å²) in [7, 11) is 0. The van der Waals surface area contributed by atoms with Crippen LogP contribution in [0.3, 0.4) is 0 Å². The van der Waals surface area contributed by atoms with Crippen molar-refractivity contribution in [3.05, 3.63) is 5.82 Å². The Morgan fingerprint density at radius 1 is 1.35 bits per heavy atom. The molecule has 0 bridgehead atoms. The average Bonchev–Trinajstić information content (AvgIpc) is 2.82. The fourth-order valence-electron chi connectivity index (χ4n) is 1.85. The van der Waals surface area contributed by atoms with Gasteiger partial charge in [0.25, 0.3) is 0 Å². The van der Waals surface area contributed by atoms with Crippen LogP contribution >= 0.6 is 0 Å². The first kappa shape index (κ1) is 13.6. The van der Waals surface area contributed by atoms with Crippen molar-refractivity contribution in [3.8, 4) is 0 Å². The summed E-state index contributed by atoms with van der Waals surface area (Å²) < 4.78 is 0. The van der Waals surface area contributed by atoms with E-state index in [0.717, 1.165) is 25.7 Å². The molecule has 17 heavy (non-hydrogen) atoms. The van der Waals surface area contributed by atoms with Crippen LogP contribution in [0, 0.1) is 5.92 Å². The van der Waals surface area contributed by atoms with Crippen LogP contribution in [0.25, 0.3) is 0 Å². The summed E-state index contributed by atoms with van der Waals surface area (Å²) in [5.41, 5.74) is 0. The maximum atomic E-state index is 12.0. The summed E-state index contributed by atoms with van der Waals surface area (Å²) in [4.78, 5) is 12.0. The number of nitrogens with one attached hydrogen (secondary N) is 2. The Kier molecular flexibility index (Phi) is 5.59. The van der Waals surface area contributed by atoms with E-state index >= 15 is 0 Å². The molecular weight excluding hydrogens is 218 g/mol. The van der Waals surface area contributed by atoms with Gasteiger partial charge in [0.05, 0.1) is 6.04 Å². The minimum atomic E-state index is -0.197. The molecule has 1 heterocycles. The Labute approximate surface area is 102 Å². The fraction of sp³-hybridized carbons (Fsp3) is 0.818. The molecule has 1 aromatic heterocycles. The van der Waals surface area contributed by atoms with Gasteiger partial charge < -0.3 is 5.32 Å². The fourth-order valence-corrected chi connectivity index (χ4v) is 1.85. The third kappa shape index (κ3) is 4.13. The molecule has 0 aliphatic carbocycles. The average molecular weight is 239 g/mol. The van der Waals surface area contributed by atoms with Gasteiger partial charge in [-0.3, -0.25) is 4.79 Å². The minimum Gasteiger partial charge on any atom is -0.346 e. The number of tetrazole rings is 1. The molecule has 6 heteroatoms. The van der Waals surface area contributed by atoms with E-state index in [-0.39, 0.29) is 17.9 Å². The van der Waals surface area contributed by atoms with Gasteiger partial charge in [-0.1, -0.05) is 31.9 Å². The molecule has 0 saturated heterocycles. The van der Waals surface area contributed by atoms with Crippen molar-refractivity contribution >= 4 is 5.91 Å². The Morgan fingerprint density at radius 2 is 2.00 bits per heavy atom. The molecular formula is C11H21N5O. The van der Waals surface area contributed by atoms with Crippen LogP contribution in [0.1, 0.15) is 58.3 Å². The zero-order chi connectivity index (χ0) is 12.7. The van der Waals surface area contributed by atoms with Crippen LogP contribution in [0.4, 0.5) is 0 Å². The molecule has 1 unspecified atom stereocenters. The van der Waals surface area contributed by atoms with E-state index < -0.39 is 0 Å². The van der Waals surface area contributed by atoms with Gasteiger partial charge in [-0.25, -0.2) is 0 Å². The standard InChI is InChI=1S/C11H21N5O/c1-4-6-9(7-5-2)11(17)12-8(3)10-13-15-16-14-10/h8-9H,4-7H2,1-3H3,(H,12,17)(H,13,14,15,16). The lowest BCUT2D eigenvalue weighted by Gasteiger charge is -2.17. The second-order valence-corrected chi connectivity index (χ2v) is 4.27. The van der Waals surface area contributed by atoms with Gasteiger partial charge in [0.1, 0.15) is 0 Å². The molecule has 1 rings (SSSR count). The second kappa shape index (κ2) is 6.98. The summed E-state index contributed by atoms with van der Waals surface area (Å²) in [6.07, 6.45) is 3.90. The largest absolute Gasteiger partial charge is 0.346 e. The number of amides is 1. The van der Waals surface area contributed by atoms with E-state index in [4.69, 9.17) is 0 Å². The molecule has 1 amide bonds. The van der Waals surface area contributed by atoms with Crippen molar-refractivity contribution in [2.75, 3.05) is 0 Å². The smallest absolute Gasteiger partial charge is 0.223 e. The number of H-pyrrole nitrogens is 1. The van der Waals surface area contributed by atoms with Crippen molar-refractivity contribution in [2.24, 2.45) is 5.92 Å². The molecule has 0 aromatic carbocycles. The first-order valence-corrected chi connectivity index (χ1v) is 6.22. The van der Waals surface area contributed by atoms with Gasteiger partial charge in [0, 0.05) is 5.92 Å². The number of hydrogen-bond acceptors (Lipinski definition) is 4. The van der Waals surface area contributed by atoms with Gasteiger partial charge in [0.2, 0.25) is 5.91 Å². The number of rotatable bonds is 7. The van der Waals surface area contributed by atoms with Crippen LogP contribution in [-0.4, -0.2) is 26.5 Å². The molecule has 0 aliphatic rings. The number of nitrogens with zero attached hydrogens (tertiary/aromatic N) is 3. The molecule has 0 aliphatic heterocycles. The molecule has 96 valence electrons. The zero-order valence-electron chi connectivity index (χ0n) is 10.7. The first-order chi connectivity index (χ1) is 8.19. The van der Waals surface area contributed by atoms with Gasteiger partial charge >= 0.3 is 0 Å². The number of aromatic nitrogens is 4. The summed E-state index contributed by atoms with van der Waals surface area (Å²) >= 11 is 0. The van der Waals surface area contributed by atoms with Gasteiger partial charge in [-0.15, -0.1) is 10.2 Å². The number of aromatic amines is 1. The van der Waals surface area contributed by atoms with Crippen LogP contribution in [-0.2, 0) is 4.79 Å². The van der Waals surface area contributed by atoms with Gasteiger partial charge in [-0.05, 0) is 19.8 Å². The van der Waals surface area contributed by atoms with Gasteiger partial charge in [0.15, 0.2) is 5.82 Å². The SMILES string of the molecule is CCCC(CCC)C(=O)NC(C)c1nn[nH]n1. The lowest BCUT2D eigenvalue weighted by molar-refractivity contribution is -0.126. The van der Waals surface area contributed by atoms with E-state index in [1.54, 1.807) is 0 Å². The van der Waals surface area contributed by atoms with E-state index in [2.05, 4.69) is 39.8 Å². The quantitative estimate of drug-likeness (QED) is 0.757. The van der Waals surface area contributed by atoms with E-state index in [9.17, 15) is 4.79 Å². The molecule has 1 aromatic rings. The minimum absolute atomic E-state index is 0.0889. The third-order valence-corrected chi connectivity index (χ3v) is 2.75. The van der Waals surface area contributed by atoms with Crippen molar-refractivity contribution in [2.45, 2.75) is 52.5 Å². The number of carbonyl (C=O) groups excluding carboxylic acids is 1. The molecule has 2 N–H and O–H groups in total. The highest BCUT2D eigenvalue weighted by atomic mass is 16.1. The summed E-state index contributed by atoms with van der Waals surface area (Å²) in [5, 5.41) is 16.5. The van der Waals surface area contributed by atoms with E-state index in [1.807, 2.05) is 6.92 Å². The molecule has 1 atom stereocenters. The topological polar surface area (TPSA) is 83.6 Å². The highest BCUT2D eigenvalue weighted by molar-refractivity contribution is 5.78. The molecule has 0 radical (unpaired) electrons. The Bertz CT molecular complexity index is 319. The van der Waals surface area contributed by atoms with E-state index in [1.165, 1.54) is 0 Å². The van der Waals surface area contributed by atoms with Crippen LogP contribution in [0.15, 0.2) is 0 Å². The predicted molar refractivity (Wildman–Crippen MR) is 64.0 cm³/mol. The first-order valence-electron chi connectivity index (χ1n) is 6.22. The molecule has 0 spiro atoms. The lowest BCUT2D eigenvalue weighted by atomic mass is 9.97. The van der Waals surface area contributed by atoms with Gasteiger partial charge in [-0.2, -0.15) is 5.21 Å². The molecule has 6 nitrogen and oxygen atoms in total. The summed E-state index contributed by atoms with van der Waals surface area (Å²) in [6.45, 7) is 6.05. The highest BCUT2D eigenvalue weighted by Crippen LogP contribution is 2.15. The Morgan fingerprint density at radius 3 is 2.47 bits per heavy atom. The monoisotopic (exact) mass is 239 g/mol. The maximum absolute atomic E-state index is 12.0. The number of carbonyl (C=O) groups is 1. The molecule has 0 fully saturated rings. The normalized spacial score (nSPS) is 12.7. The summed E-state index contributed by atoms with van der Waals surface area (Å²) in [6, 6.07) is -0.197. The van der Waals surface area contributed by atoms with Crippen molar-refractivity contribution < 1.29 is 4.79 Å². The predicted octanol–water partition coefficient (Wildman–Crippen LogP) is 1.59. The number of hydrogen-bond donors (Lipinski definition) is 2. The third-order valence-electron chi connectivity index (χ3n) is 2.75. The molecule has 0 saturated carbocycles. The zero-order valence-corrected chi connectivity index (χ0v) is 10.7.